The number of nitrogens with one attached hydrogen (secondary N) is 1. The minimum atomic E-state index is -0.337. The van der Waals surface area contributed by atoms with Crippen molar-refractivity contribution in [3.8, 4) is 5.75 Å². The van der Waals surface area contributed by atoms with Gasteiger partial charge in [-0.3, -0.25) is 0 Å². The molecular formula is C14H18FN3OS. The van der Waals surface area contributed by atoms with Crippen LogP contribution in [0.1, 0.15) is 30.6 Å². The molecule has 1 N–H and O–H groups in total. The minimum Gasteiger partial charge on any atom is -0.494 e. The van der Waals surface area contributed by atoms with Gasteiger partial charge >= 0.3 is 0 Å². The van der Waals surface area contributed by atoms with Crippen LogP contribution in [0, 0.1) is 5.82 Å². The van der Waals surface area contributed by atoms with Crippen LogP contribution in [0.3, 0.4) is 0 Å². The maximum Gasteiger partial charge on any atom is 0.165 e. The molecule has 0 aliphatic carbocycles. The molecule has 108 valence electrons. The highest BCUT2D eigenvalue weighted by Gasteiger charge is 2.15. The summed E-state index contributed by atoms with van der Waals surface area (Å²) in [6, 6.07) is 5.10. The zero-order chi connectivity index (χ0) is 14.4. The third kappa shape index (κ3) is 3.74. The lowest BCUT2D eigenvalue weighted by molar-refractivity contribution is 0.386. The summed E-state index contributed by atoms with van der Waals surface area (Å²) >= 11 is 1.33. The van der Waals surface area contributed by atoms with Gasteiger partial charge in [-0.2, -0.15) is 0 Å². The number of nitrogens with zero attached hydrogens (tertiary/aromatic N) is 2. The van der Waals surface area contributed by atoms with E-state index in [0.717, 1.165) is 24.2 Å². The van der Waals surface area contributed by atoms with Gasteiger partial charge in [0.15, 0.2) is 11.6 Å². The normalized spacial score (nSPS) is 12.3. The average Bonchev–Trinajstić information content (AvgIpc) is 2.97. The molecule has 0 spiro atoms. The SMILES string of the molecule is CCCNC(Cc1ccc(OC)c(F)c1)c1csnn1. The highest BCUT2D eigenvalue weighted by atomic mass is 32.1. The first-order valence-electron chi connectivity index (χ1n) is 6.57. The standard InChI is InChI=1S/C14H18FN3OS/c1-3-6-16-12(13-9-20-18-17-13)8-10-4-5-14(19-2)11(15)7-10/h4-5,7,9,12,16H,3,6,8H2,1-2H3. The van der Waals surface area contributed by atoms with E-state index in [2.05, 4.69) is 21.8 Å². The van der Waals surface area contributed by atoms with Gasteiger partial charge in [0, 0.05) is 5.38 Å². The number of aromatic nitrogens is 2. The fourth-order valence-corrected chi connectivity index (χ4v) is 2.50. The van der Waals surface area contributed by atoms with Crippen molar-refractivity contribution in [1.29, 1.82) is 0 Å². The van der Waals surface area contributed by atoms with E-state index in [0.29, 0.717) is 6.42 Å². The van der Waals surface area contributed by atoms with Gasteiger partial charge in [-0.25, -0.2) is 4.39 Å². The molecule has 1 unspecified atom stereocenters. The summed E-state index contributed by atoms with van der Waals surface area (Å²) < 4.78 is 22.6. The monoisotopic (exact) mass is 295 g/mol. The minimum absolute atomic E-state index is 0.0569. The highest BCUT2D eigenvalue weighted by Crippen LogP contribution is 2.22. The van der Waals surface area contributed by atoms with Crippen molar-refractivity contribution in [2.24, 2.45) is 0 Å². The average molecular weight is 295 g/mol. The van der Waals surface area contributed by atoms with Crippen LogP contribution in [0.5, 0.6) is 5.75 Å². The van der Waals surface area contributed by atoms with E-state index in [1.54, 1.807) is 6.07 Å². The van der Waals surface area contributed by atoms with Crippen molar-refractivity contribution < 1.29 is 9.13 Å². The van der Waals surface area contributed by atoms with E-state index >= 15 is 0 Å². The van der Waals surface area contributed by atoms with Gasteiger partial charge in [0.05, 0.1) is 18.8 Å². The first-order chi connectivity index (χ1) is 9.74. The van der Waals surface area contributed by atoms with Crippen LogP contribution in [0.15, 0.2) is 23.6 Å². The molecule has 0 bridgehead atoms. The molecule has 1 heterocycles. The summed E-state index contributed by atoms with van der Waals surface area (Å²) in [6.45, 7) is 3.00. The van der Waals surface area contributed by atoms with Crippen molar-refractivity contribution in [1.82, 2.24) is 14.9 Å². The fraction of sp³-hybridized carbons (Fsp3) is 0.429. The smallest absolute Gasteiger partial charge is 0.165 e. The summed E-state index contributed by atoms with van der Waals surface area (Å²) in [5, 5.41) is 9.45. The first-order valence-corrected chi connectivity index (χ1v) is 7.41. The third-order valence-electron chi connectivity index (χ3n) is 3.03. The lowest BCUT2D eigenvalue weighted by Gasteiger charge is -2.16. The predicted molar refractivity (Wildman–Crippen MR) is 77.6 cm³/mol. The number of ether oxygens (including phenoxy) is 1. The molecule has 0 saturated heterocycles. The number of rotatable bonds is 7. The van der Waals surface area contributed by atoms with E-state index in [1.807, 2.05) is 11.4 Å². The molecule has 1 aromatic heterocycles. The van der Waals surface area contributed by atoms with Crippen LogP contribution in [-0.4, -0.2) is 23.2 Å². The number of hydrogen-bond donors (Lipinski definition) is 1. The Balaban J connectivity index is 2.13. The summed E-state index contributed by atoms with van der Waals surface area (Å²) in [5.74, 6) is -0.0715. The van der Waals surface area contributed by atoms with Gasteiger partial charge in [0.2, 0.25) is 0 Å². The Morgan fingerprint density at radius 2 is 2.30 bits per heavy atom. The van der Waals surface area contributed by atoms with Gasteiger partial charge in [-0.1, -0.05) is 17.5 Å². The summed E-state index contributed by atoms with van der Waals surface area (Å²) in [5.41, 5.74) is 1.81. The second-order valence-electron chi connectivity index (χ2n) is 4.51. The van der Waals surface area contributed by atoms with Crippen molar-refractivity contribution in [3.05, 3.63) is 40.7 Å². The Morgan fingerprint density at radius 3 is 2.90 bits per heavy atom. The first kappa shape index (κ1) is 14.9. The molecule has 0 amide bonds. The maximum absolute atomic E-state index is 13.7. The number of benzene rings is 1. The van der Waals surface area contributed by atoms with Crippen LogP contribution in [-0.2, 0) is 6.42 Å². The predicted octanol–water partition coefficient (Wildman–Crippen LogP) is 2.97. The van der Waals surface area contributed by atoms with Gasteiger partial charge in [-0.05, 0) is 48.6 Å². The molecule has 4 nitrogen and oxygen atoms in total. The van der Waals surface area contributed by atoms with Crippen molar-refractivity contribution >= 4 is 11.5 Å². The fourth-order valence-electron chi connectivity index (χ4n) is 2.00. The molecule has 1 aromatic carbocycles. The lowest BCUT2D eigenvalue weighted by atomic mass is 10.0. The van der Waals surface area contributed by atoms with Crippen LogP contribution >= 0.6 is 11.5 Å². The van der Waals surface area contributed by atoms with E-state index in [4.69, 9.17) is 4.74 Å². The Kier molecular flexibility index (Phi) is 5.43. The van der Waals surface area contributed by atoms with Crippen LogP contribution in [0.4, 0.5) is 4.39 Å². The molecule has 0 radical (unpaired) electrons. The maximum atomic E-state index is 13.7. The van der Waals surface area contributed by atoms with Gasteiger partial charge in [0.1, 0.15) is 0 Å². The molecule has 6 heteroatoms. The van der Waals surface area contributed by atoms with E-state index < -0.39 is 0 Å². The Bertz CT molecular complexity index is 533. The molecule has 0 fully saturated rings. The second kappa shape index (κ2) is 7.31. The zero-order valence-electron chi connectivity index (χ0n) is 11.6. The zero-order valence-corrected chi connectivity index (χ0v) is 12.4. The molecule has 0 aliphatic heterocycles. The van der Waals surface area contributed by atoms with E-state index in [9.17, 15) is 4.39 Å². The molecule has 1 atom stereocenters. The molecule has 0 aliphatic rings. The number of halogens is 1. The van der Waals surface area contributed by atoms with E-state index in [-0.39, 0.29) is 17.6 Å². The van der Waals surface area contributed by atoms with Crippen molar-refractivity contribution in [3.63, 3.8) is 0 Å². The largest absolute Gasteiger partial charge is 0.494 e. The van der Waals surface area contributed by atoms with Gasteiger partial charge in [0.25, 0.3) is 0 Å². The van der Waals surface area contributed by atoms with Gasteiger partial charge < -0.3 is 10.1 Å². The summed E-state index contributed by atoms with van der Waals surface area (Å²) in [6.07, 6.45) is 1.71. The van der Waals surface area contributed by atoms with E-state index in [1.165, 1.54) is 24.7 Å². The topological polar surface area (TPSA) is 47.0 Å². The number of hydrogen-bond acceptors (Lipinski definition) is 5. The molecule has 2 rings (SSSR count). The Labute approximate surface area is 122 Å². The van der Waals surface area contributed by atoms with Gasteiger partial charge in [-0.15, -0.1) is 5.10 Å². The second-order valence-corrected chi connectivity index (χ2v) is 5.12. The van der Waals surface area contributed by atoms with Crippen LogP contribution in [0.2, 0.25) is 0 Å². The third-order valence-corrected chi connectivity index (χ3v) is 3.55. The van der Waals surface area contributed by atoms with Crippen molar-refractivity contribution in [2.45, 2.75) is 25.8 Å². The van der Waals surface area contributed by atoms with Crippen molar-refractivity contribution in [2.75, 3.05) is 13.7 Å². The molecule has 20 heavy (non-hydrogen) atoms. The highest BCUT2D eigenvalue weighted by molar-refractivity contribution is 7.03. The van der Waals surface area contributed by atoms with Crippen LogP contribution < -0.4 is 10.1 Å². The Hall–Kier alpha value is -1.53. The Morgan fingerprint density at radius 1 is 1.45 bits per heavy atom. The molecular weight excluding hydrogens is 277 g/mol. The summed E-state index contributed by atoms with van der Waals surface area (Å²) in [7, 11) is 1.46. The number of methoxy groups -OCH3 is 1. The quantitative estimate of drug-likeness (QED) is 0.853. The summed E-state index contributed by atoms with van der Waals surface area (Å²) in [4.78, 5) is 0. The lowest BCUT2D eigenvalue weighted by Crippen LogP contribution is -2.24. The van der Waals surface area contributed by atoms with Crippen LogP contribution in [0.25, 0.3) is 0 Å². The molecule has 2 aromatic rings. The molecule has 0 saturated carbocycles.